The maximum atomic E-state index is 12.6. The Labute approximate surface area is 139 Å². The van der Waals surface area contributed by atoms with E-state index in [1.165, 1.54) is 18.4 Å². The third-order valence-electron chi connectivity index (χ3n) is 5.58. The molecule has 126 valence electrons. The number of nitrogens with zero attached hydrogens (tertiary/aromatic N) is 1. The van der Waals surface area contributed by atoms with Crippen molar-refractivity contribution in [3.05, 3.63) is 29.8 Å². The molecule has 1 aromatic rings. The molecular weight excluding hydrogens is 288 g/mol. The van der Waals surface area contributed by atoms with Crippen molar-refractivity contribution in [1.82, 2.24) is 10.2 Å². The molecule has 4 nitrogen and oxygen atoms in total. The number of rotatable bonds is 6. The molecule has 1 aliphatic carbocycles. The highest BCUT2D eigenvalue weighted by Crippen LogP contribution is 2.59. The van der Waals surface area contributed by atoms with Crippen molar-refractivity contribution in [3.8, 4) is 5.75 Å². The van der Waals surface area contributed by atoms with Gasteiger partial charge in [-0.2, -0.15) is 0 Å². The SMILES string of the molecule is COc1ccc(CCCN(C)C(=O)C2CC23CCNCC3)cc1. The number of carbonyl (C=O) groups excluding carboxylic acids is 1. The summed E-state index contributed by atoms with van der Waals surface area (Å²) in [6, 6.07) is 8.20. The van der Waals surface area contributed by atoms with Crippen LogP contribution >= 0.6 is 0 Å². The first-order valence-electron chi connectivity index (χ1n) is 8.73. The lowest BCUT2D eigenvalue weighted by atomic mass is 9.91. The Morgan fingerprint density at radius 2 is 2.00 bits per heavy atom. The van der Waals surface area contributed by atoms with Gasteiger partial charge in [0, 0.05) is 19.5 Å². The predicted octanol–water partition coefficient (Wildman–Crippen LogP) is 2.48. The predicted molar refractivity (Wildman–Crippen MR) is 91.6 cm³/mol. The van der Waals surface area contributed by atoms with E-state index < -0.39 is 0 Å². The van der Waals surface area contributed by atoms with E-state index >= 15 is 0 Å². The largest absolute Gasteiger partial charge is 0.497 e. The van der Waals surface area contributed by atoms with Crippen LogP contribution in [0, 0.1) is 11.3 Å². The number of amides is 1. The molecule has 0 radical (unpaired) electrons. The summed E-state index contributed by atoms with van der Waals surface area (Å²) < 4.78 is 5.17. The van der Waals surface area contributed by atoms with E-state index in [-0.39, 0.29) is 5.92 Å². The van der Waals surface area contributed by atoms with E-state index in [1.54, 1.807) is 7.11 Å². The minimum Gasteiger partial charge on any atom is -0.497 e. The Hall–Kier alpha value is -1.55. The highest BCUT2D eigenvalue weighted by molar-refractivity contribution is 5.82. The van der Waals surface area contributed by atoms with Crippen LogP contribution in [-0.4, -0.2) is 44.6 Å². The van der Waals surface area contributed by atoms with Gasteiger partial charge in [-0.3, -0.25) is 4.79 Å². The van der Waals surface area contributed by atoms with Gasteiger partial charge in [0.1, 0.15) is 5.75 Å². The monoisotopic (exact) mass is 316 g/mol. The van der Waals surface area contributed by atoms with Gasteiger partial charge >= 0.3 is 0 Å². The van der Waals surface area contributed by atoms with E-state index in [0.29, 0.717) is 11.3 Å². The molecule has 1 atom stereocenters. The number of ether oxygens (including phenoxy) is 1. The zero-order valence-corrected chi connectivity index (χ0v) is 14.3. The minimum absolute atomic E-state index is 0.288. The van der Waals surface area contributed by atoms with Crippen LogP contribution in [0.5, 0.6) is 5.75 Å². The number of benzene rings is 1. The van der Waals surface area contributed by atoms with Crippen LogP contribution in [0.25, 0.3) is 0 Å². The van der Waals surface area contributed by atoms with Crippen molar-refractivity contribution in [2.75, 3.05) is 33.8 Å². The second-order valence-corrected chi connectivity index (χ2v) is 7.08. The zero-order valence-electron chi connectivity index (χ0n) is 14.3. The van der Waals surface area contributed by atoms with Gasteiger partial charge in [0.15, 0.2) is 0 Å². The first kappa shape index (κ1) is 16.3. The smallest absolute Gasteiger partial charge is 0.226 e. The van der Waals surface area contributed by atoms with Gasteiger partial charge in [-0.05, 0) is 68.3 Å². The maximum absolute atomic E-state index is 12.6. The summed E-state index contributed by atoms with van der Waals surface area (Å²) in [5, 5.41) is 3.40. The fraction of sp³-hybridized carbons (Fsp3) is 0.632. The van der Waals surface area contributed by atoms with Gasteiger partial charge in [-0.1, -0.05) is 12.1 Å². The van der Waals surface area contributed by atoms with Crippen molar-refractivity contribution in [1.29, 1.82) is 0 Å². The van der Waals surface area contributed by atoms with Crippen molar-refractivity contribution < 1.29 is 9.53 Å². The second kappa shape index (κ2) is 6.91. The molecule has 1 aromatic carbocycles. The van der Waals surface area contributed by atoms with Crippen LogP contribution in [0.1, 0.15) is 31.2 Å². The number of hydrogen-bond donors (Lipinski definition) is 1. The summed E-state index contributed by atoms with van der Waals surface area (Å²) in [4.78, 5) is 14.5. The first-order chi connectivity index (χ1) is 11.1. The number of aryl methyl sites for hydroxylation is 1. The fourth-order valence-electron chi connectivity index (χ4n) is 3.86. The Bertz CT molecular complexity index is 535. The maximum Gasteiger partial charge on any atom is 0.226 e. The van der Waals surface area contributed by atoms with Crippen LogP contribution in [-0.2, 0) is 11.2 Å². The summed E-state index contributed by atoms with van der Waals surface area (Å²) in [5.74, 6) is 1.54. The molecule has 2 aliphatic rings. The highest BCUT2D eigenvalue weighted by Gasteiger charge is 2.58. The number of methoxy groups -OCH3 is 1. The van der Waals surface area contributed by atoms with E-state index in [9.17, 15) is 4.79 Å². The van der Waals surface area contributed by atoms with Crippen LogP contribution in [0.2, 0.25) is 0 Å². The lowest BCUT2D eigenvalue weighted by Crippen LogP contribution is -2.35. The topological polar surface area (TPSA) is 41.6 Å². The van der Waals surface area contributed by atoms with Crippen LogP contribution in [0.3, 0.4) is 0 Å². The molecule has 1 N–H and O–H groups in total. The molecule has 3 rings (SSSR count). The lowest BCUT2D eigenvalue weighted by Gasteiger charge is -2.25. The quantitative estimate of drug-likeness (QED) is 0.876. The van der Waals surface area contributed by atoms with Gasteiger partial charge < -0.3 is 15.0 Å². The Balaban J connectivity index is 1.42. The van der Waals surface area contributed by atoms with Gasteiger partial charge in [-0.25, -0.2) is 0 Å². The van der Waals surface area contributed by atoms with Gasteiger partial charge in [-0.15, -0.1) is 0 Å². The van der Waals surface area contributed by atoms with Gasteiger partial charge in [0.05, 0.1) is 7.11 Å². The molecule has 1 unspecified atom stereocenters. The van der Waals surface area contributed by atoms with Crippen LogP contribution < -0.4 is 10.1 Å². The van der Waals surface area contributed by atoms with Gasteiger partial charge in [0.25, 0.3) is 0 Å². The minimum atomic E-state index is 0.288. The van der Waals surface area contributed by atoms with E-state index in [2.05, 4.69) is 17.4 Å². The molecule has 1 heterocycles. The normalized spacial score (nSPS) is 21.9. The van der Waals surface area contributed by atoms with E-state index in [0.717, 1.165) is 44.6 Å². The number of piperidine rings is 1. The van der Waals surface area contributed by atoms with E-state index in [1.807, 2.05) is 24.1 Å². The molecule has 1 saturated carbocycles. The van der Waals surface area contributed by atoms with Crippen LogP contribution in [0.15, 0.2) is 24.3 Å². The van der Waals surface area contributed by atoms with Crippen LogP contribution in [0.4, 0.5) is 0 Å². The summed E-state index contributed by atoms with van der Waals surface area (Å²) in [6.07, 6.45) is 5.46. The molecule has 1 spiro atoms. The van der Waals surface area contributed by atoms with Gasteiger partial charge in [0.2, 0.25) is 5.91 Å². The summed E-state index contributed by atoms with van der Waals surface area (Å²) in [6.45, 7) is 2.99. The number of carbonyl (C=O) groups is 1. The second-order valence-electron chi connectivity index (χ2n) is 7.08. The third-order valence-corrected chi connectivity index (χ3v) is 5.58. The molecule has 1 saturated heterocycles. The number of nitrogens with one attached hydrogen (secondary N) is 1. The Morgan fingerprint density at radius 3 is 2.65 bits per heavy atom. The molecule has 1 aliphatic heterocycles. The highest BCUT2D eigenvalue weighted by atomic mass is 16.5. The summed E-state index contributed by atoms with van der Waals surface area (Å²) in [7, 11) is 3.64. The third kappa shape index (κ3) is 3.69. The Kier molecular flexibility index (Phi) is 4.90. The fourth-order valence-corrected chi connectivity index (χ4v) is 3.86. The molecule has 1 amide bonds. The van der Waals surface area contributed by atoms with Crippen molar-refractivity contribution >= 4 is 5.91 Å². The Morgan fingerprint density at radius 1 is 1.30 bits per heavy atom. The summed E-state index contributed by atoms with van der Waals surface area (Å²) in [5.41, 5.74) is 1.64. The standard InChI is InChI=1S/C19H28N2O2/c1-21(13-3-4-15-5-7-16(23-2)8-6-15)18(22)17-14-19(17)9-11-20-12-10-19/h5-8,17,20H,3-4,9-14H2,1-2H3. The molecule has 0 aromatic heterocycles. The lowest BCUT2D eigenvalue weighted by molar-refractivity contribution is -0.132. The number of hydrogen-bond acceptors (Lipinski definition) is 3. The zero-order chi connectivity index (χ0) is 16.3. The molecule has 23 heavy (non-hydrogen) atoms. The average molecular weight is 316 g/mol. The molecule has 2 fully saturated rings. The molecule has 4 heteroatoms. The first-order valence-corrected chi connectivity index (χ1v) is 8.73. The van der Waals surface area contributed by atoms with Crippen molar-refractivity contribution in [2.45, 2.75) is 32.1 Å². The summed E-state index contributed by atoms with van der Waals surface area (Å²) >= 11 is 0. The van der Waals surface area contributed by atoms with Crippen molar-refractivity contribution in [3.63, 3.8) is 0 Å². The van der Waals surface area contributed by atoms with E-state index in [4.69, 9.17) is 4.74 Å². The van der Waals surface area contributed by atoms with Crippen molar-refractivity contribution in [2.24, 2.45) is 11.3 Å². The molecule has 0 bridgehead atoms. The average Bonchev–Trinajstić information content (AvgIpc) is 3.28. The molecular formula is C19H28N2O2.